The molecule has 0 spiro atoms. The zero-order chi connectivity index (χ0) is 27.8. The molecule has 4 rings (SSSR count). The summed E-state index contributed by atoms with van der Waals surface area (Å²) in [7, 11) is 0. The molecule has 0 fully saturated rings. The van der Waals surface area contributed by atoms with Crippen molar-refractivity contribution in [3.8, 4) is 11.4 Å². The van der Waals surface area contributed by atoms with Gasteiger partial charge in [-0.15, -0.1) is 10.2 Å². The molecule has 0 saturated carbocycles. The van der Waals surface area contributed by atoms with E-state index in [-0.39, 0.29) is 12.3 Å². The van der Waals surface area contributed by atoms with Gasteiger partial charge in [-0.1, -0.05) is 42.5 Å². The average Bonchev–Trinajstić information content (AvgIpc) is 3.44. The number of nitrogens with zero attached hydrogens (tertiary/aromatic N) is 3. The molecule has 39 heavy (non-hydrogen) atoms. The van der Waals surface area contributed by atoms with Gasteiger partial charge in [0.1, 0.15) is 11.6 Å². The van der Waals surface area contributed by atoms with Crippen LogP contribution in [-0.2, 0) is 16.0 Å². The quantitative estimate of drug-likeness (QED) is 0.268. The van der Waals surface area contributed by atoms with Gasteiger partial charge in [-0.3, -0.25) is 14.9 Å². The summed E-state index contributed by atoms with van der Waals surface area (Å²) >= 11 is 0. The third-order valence-corrected chi connectivity index (χ3v) is 5.45. The van der Waals surface area contributed by atoms with Crippen molar-refractivity contribution in [2.45, 2.75) is 38.8 Å². The van der Waals surface area contributed by atoms with E-state index >= 15 is 0 Å². The Balaban J connectivity index is 1.43. The van der Waals surface area contributed by atoms with Crippen LogP contribution in [0.4, 0.5) is 16.2 Å². The first-order valence-electron chi connectivity index (χ1n) is 12.3. The lowest BCUT2D eigenvalue weighted by molar-refractivity contribution is -0.118. The number of carbonyl (C=O) groups excluding carboxylic acids is 3. The summed E-state index contributed by atoms with van der Waals surface area (Å²) in [5.41, 5.74) is 2.37. The standard InChI is InChI=1S/C28H29N7O4/c1-28(2,3)39-27(38)30-22-15-13-21(14-16-22)29-26(37)23(17-18-7-5-4-6-8-18)31-25(36)20-11-9-19(10-12-20)24-32-34-35-33-24/h4-16,23H,17H2,1-3H3,(H,29,37)(H,30,38)(H,31,36)(H,32,33,34,35). The second-order valence-electron chi connectivity index (χ2n) is 9.72. The zero-order valence-electron chi connectivity index (χ0n) is 21.8. The molecule has 0 aliphatic carbocycles. The van der Waals surface area contributed by atoms with Crippen LogP contribution in [-0.4, -0.2) is 50.2 Å². The molecule has 1 aromatic heterocycles. The second-order valence-corrected chi connectivity index (χ2v) is 9.72. The van der Waals surface area contributed by atoms with Crippen LogP contribution in [0.25, 0.3) is 11.4 Å². The minimum atomic E-state index is -0.851. The maximum atomic E-state index is 13.3. The van der Waals surface area contributed by atoms with Crippen LogP contribution in [0.2, 0.25) is 0 Å². The summed E-state index contributed by atoms with van der Waals surface area (Å²) in [5.74, 6) is -0.373. The van der Waals surface area contributed by atoms with Crippen molar-refractivity contribution in [2.24, 2.45) is 0 Å². The summed E-state index contributed by atoms with van der Waals surface area (Å²) in [6.45, 7) is 5.34. The fourth-order valence-corrected chi connectivity index (χ4v) is 3.64. The van der Waals surface area contributed by atoms with E-state index in [0.29, 0.717) is 28.3 Å². The van der Waals surface area contributed by atoms with Gasteiger partial charge in [0.25, 0.3) is 5.91 Å². The van der Waals surface area contributed by atoms with Crippen LogP contribution >= 0.6 is 0 Å². The smallest absolute Gasteiger partial charge is 0.412 e. The summed E-state index contributed by atoms with van der Waals surface area (Å²) < 4.78 is 5.25. The number of amides is 3. The lowest BCUT2D eigenvalue weighted by Gasteiger charge is -2.20. The Morgan fingerprint density at radius 3 is 2.10 bits per heavy atom. The highest BCUT2D eigenvalue weighted by atomic mass is 16.6. The fraction of sp³-hybridized carbons (Fsp3) is 0.214. The van der Waals surface area contributed by atoms with Crippen LogP contribution in [0.1, 0.15) is 36.7 Å². The largest absolute Gasteiger partial charge is 0.444 e. The van der Waals surface area contributed by atoms with E-state index in [2.05, 4.69) is 36.6 Å². The molecule has 0 saturated heterocycles. The average molecular weight is 528 g/mol. The van der Waals surface area contributed by atoms with Crippen molar-refractivity contribution in [3.05, 3.63) is 90.0 Å². The number of H-pyrrole nitrogens is 1. The van der Waals surface area contributed by atoms with Gasteiger partial charge in [-0.2, -0.15) is 5.21 Å². The highest BCUT2D eigenvalue weighted by Crippen LogP contribution is 2.17. The first kappa shape index (κ1) is 27.0. The summed E-state index contributed by atoms with van der Waals surface area (Å²) in [5, 5.41) is 22.1. The van der Waals surface area contributed by atoms with Gasteiger partial charge in [0.2, 0.25) is 11.7 Å². The van der Waals surface area contributed by atoms with E-state index in [1.54, 1.807) is 69.3 Å². The topological polar surface area (TPSA) is 151 Å². The number of nitrogens with one attached hydrogen (secondary N) is 4. The number of ether oxygens (including phenoxy) is 1. The highest BCUT2D eigenvalue weighted by molar-refractivity contribution is 6.01. The van der Waals surface area contributed by atoms with E-state index in [1.165, 1.54) is 0 Å². The molecule has 0 bridgehead atoms. The van der Waals surface area contributed by atoms with Gasteiger partial charge in [-0.05, 0) is 67.9 Å². The van der Waals surface area contributed by atoms with Gasteiger partial charge < -0.3 is 15.4 Å². The minimum absolute atomic E-state index is 0.289. The van der Waals surface area contributed by atoms with Crippen molar-refractivity contribution in [2.75, 3.05) is 10.6 Å². The predicted octanol–water partition coefficient (Wildman–Crippen LogP) is 4.19. The summed E-state index contributed by atoms with van der Waals surface area (Å²) in [6, 6.07) is 21.9. The van der Waals surface area contributed by atoms with E-state index in [0.717, 1.165) is 5.56 Å². The molecule has 4 N–H and O–H groups in total. The summed E-state index contributed by atoms with van der Waals surface area (Å²) in [6.07, 6.45) is -0.285. The number of aromatic nitrogens is 4. The number of anilines is 2. The molecule has 11 heteroatoms. The van der Waals surface area contributed by atoms with Crippen LogP contribution in [0.5, 0.6) is 0 Å². The highest BCUT2D eigenvalue weighted by Gasteiger charge is 2.23. The van der Waals surface area contributed by atoms with Crippen molar-refractivity contribution >= 4 is 29.3 Å². The molecule has 1 heterocycles. The number of hydrogen-bond acceptors (Lipinski definition) is 7. The molecule has 4 aromatic rings. The second kappa shape index (κ2) is 12.0. The Labute approximate surface area is 225 Å². The molecule has 11 nitrogen and oxygen atoms in total. The number of tetrazole rings is 1. The molecular weight excluding hydrogens is 498 g/mol. The van der Waals surface area contributed by atoms with Gasteiger partial charge in [0, 0.05) is 28.9 Å². The Hall–Kier alpha value is -5.06. The van der Waals surface area contributed by atoms with Crippen LogP contribution in [0, 0.1) is 0 Å². The number of benzene rings is 3. The molecule has 0 aliphatic rings. The summed E-state index contributed by atoms with van der Waals surface area (Å²) in [4.78, 5) is 38.3. The number of carbonyl (C=O) groups is 3. The third-order valence-electron chi connectivity index (χ3n) is 5.45. The van der Waals surface area contributed by atoms with Crippen molar-refractivity contribution < 1.29 is 19.1 Å². The lowest BCUT2D eigenvalue weighted by atomic mass is 10.0. The van der Waals surface area contributed by atoms with Crippen LogP contribution < -0.4 is 16.0 Å². The van der Waals surface area contributed by atoms with Gasteiger partial charge >= 0.3 is 6.09 Å². The molecule has 3 aromatic carbocycles. The van der Waals surface area contributed by atoms with Gasteiger partial charge in [0.15, 0.2) is 0 Å². The number of hydrogen-bond donors (Lipinski definition) is 4. The molecule has 200 valence electrons. The Kier molecular flexibility index (Phi) is 8.30. The minimum Gasteiger partial charge on any atom is -0.444 e. The number of aromatic amines is 1. The molecule has 3 amide bonds. The molecule has 0 aliphatic heterocycles. The van der Waals surface area contributed by atoms with Crippen molar-refractivity contribution in [1.29, 1.82) is 0 Å². The fourth-order valence-electron chi connectivity index (χ4n) is 3.64. The van der Waals surface area contributed by atoms with Crippen LogP contribution in [0.3, 0.4) is 0 Å². The van der Waals surface area contributed by atoms with E-state index in [9.17, 15) is 14.4 Å². The Bertz CT molecular complexity index is 1400. The van der Waals surface area contributed by atoms with Crippen molar-refractivity contribution in [3.63, 3.8) is 0 Å². The van der Waals surface area contributed by atoms with Gasteiger partial charge in [-0.25, -0.2) is 4.79 Å². The SMILES string of the molecule is CC(C)(C)OC(=O)Nc1ccc(NC(=O)C(Cc2ccccc2)NC(=O)c2ccc(-c3nn[nH]n3)cc2)cc1. The molecule has 1 atom stereocenters. The Morgan fingerprint density at radius 2 is 1.51 bits per heavy atom. The predicted molar refractivity (Wildman–Crippen MR) is 146 cm³/mol. The third kappa shape index (κ3) is 7.96. The molecule has 0 radical (unpaired) electrons. The first-order valence-corrected chi connectivity index (χ1v) is 12.3. The maximum Gasteiger partial charge on any atom is 0.412 e. The Morgan fingerprint density at radius 1 is 0.872 bits per heavy atom. The van der Waals surface area contributed by atoms with E-state index in [4.69, 9.17) is 4.74 Å². The van der Waals surface area contributed by atoms with Gasteiger partial charge in [0.05, 0.1) is 0 Å². The first-order chi connectivity index (χ1) is 18.7. The normalized spacial score (nSPS) is 11.8. The van der Waals surface area contributed by atoms with E-state index < -0.39 is 23.6 Å². The lowest BCUT2D eigenvalue weighted by Crippen LogP contribution is -2.45. The van der Waals surface area contributed by atoms with Crippen molar-refractivity contribution in [1.82, 2.24) is 25.9 Å². The van der Waals surface area contributed by atoms with E-state index in [1.807, 2.05) is 30.3 Å². The maximum absolute atomic E-state index is 13.3. The zero-order valence-corrected chi connectivity index (χ0v) is 21.8. The molecular formula is C28H29N7O4. The monoisotopic (exact) mass is 527 g/mol. The number of rotatable bonds is 8. The van der Waals surface area contributed by atoms with Crippen LogP contribution in [0.15, 0.2) is 78.9 Å². The molecule has 1 unspecified atom stereocenters.